The zero-order chi connectivity index (χ0) is 17.1. The van der Waals surface area contributed by atoms with Crippen LogP contribution in [0.2, 0.25) is 0 Å². The molecule has 0 saturated carbocycles. The number of aromatic nitrogens is 2. The van der Waals surface area contributed by atoms with Crippen LogP contribution in [-0.2, 0) is 11.3 Å². The number of esters is 1. The van der Waals surface area contributed by atoms with E-state index < -0.39 is 10.9 Å². The van der Waals surface area contributed by atoms with Gasteiger partial charge in [0.05, 0.1) is 23.3 Å². The van der Waals surface area contributed by atoms with Crippen molar-refractivity contribution in [2.75, 3.05) is 0 Å². The quantitative estimate of drug-likeness (QED) is 0.449. The fourth-order valence-electron chi connectivity index (χ4n) is 2.12. The van der Waals surface area contributed by atoms with E-state index >= 15 is 0 Å². The van der Waals surface area contributed by atoms with E-state index in [2.05, 4.69) is 20.9 Å². The number of aryl methyl sites for hydroxylation is 1. The molecular formula is C15H16BrN3O4. The number of nitrogens with zero attached hydrogens (tertiary/aromatic N) is 3. The van der Waals surface area contributed by atoms with Crippen molar-refractivity contribution in [1.82, 2.24) is 9.55 Å². The summed E-state index contributed by atoms with van der Waals surface area (Å²) in [6.07, 6.45) is -0.233. The van der Waals surface area contributed by atoms with Crippen molar-refractivity contribution in [3.63, 3.8) is 0 Å². The summed E-state index contributed by atoms with van der Waals surface area (Å²) in [6, 6.07) is 6.16. The molecule has 122 valence electrons. The number of non-ortho nitro benzene ring substituents is 1. The molecule has 23 heavy (non-hydrogen) atoms. The van der Waals surface area contributed by atoms with Crippen LogP contribution in [0.15, 0.2) is 29.0 Å². The summed E-state index contributed by atoms with van der Waals surface area (Å²) < 4.78 is 7.43. The second-order valence-corrected chi connectivity index (χ2v) is 5.99. The molecule has 0 spiro atoms. The number of nitro groups is 1. The molecule has 0 unspecified atom stereocenters. The largest absolute Gasteiger partial charge is 0.458 e. The number of benzene rings is 1. The second-order valence-electron chi connectivity index (χ2n) is 5.28. The van der Waals surface area contributed by atoms with Crippen molar-refractivity contribution >= 4 is 27.6 Å². The molecular weight excluding hydrogens is 366 g/mol. The molecule has 0 amide bonds. The van der Waals surface area contributed by atoms with Gasteiger partial charge >= 0.3 is 5.97 Å². The maximum absolute atomic E-state index is 12.3. The van der Waals surface area contributed by atoms with Crippen molar-refractivity contribution in [2.45, 2.75) is 33.4 Å². The Labute approximate surface area is 141 Å². The minimum atomic E-state index is -0.452. The van der Waals surface area contributed by atoms with Crippen LogP contribution >= 0.6 is 15.9 Å². The third-order valence-electron chi connectivity index (χ3n) is 3.12. The van der Waals surface area contributed by atoms with E-state index in [9.17, 15) is 14.9 Å². The van der Waals surface area contributed by atoms with Gasteiger partial charge < -0.3 is 9.30 Å². The summed E-state index contributed by atoms with van der Waals surface area (Å²) in [4.78, 5) is 26.7. The van der Waals surface area contributed by atoms with Gasteiger partial charge in [-0.15, -0.1) is 0 Å². The fraction of sp³-hybridized carbons (Fsp3) is 0.333. The summed E-state index contributed by atoms with van der Waals surface area (Å²) in [5.41, 5.74) is 1.76. The van der Waals surface area contributed by atoms with Crippen molar-refractivity contribution in [3.8, 4) is 0 Å². The van der Waals surface area contributed by atoms with Gasteiger partial charge in [0.2, 0.25) is 0 Å². The minimum absolute atomic E-state index is 0.0223. The first-order chi connectivity index (χ1) is 10.8. The highest BCUT2D eigenvalue weighted by Gasteiger charge is 2.22. The average Bonchev–Trinajstić information content (AvgIpc) is 2.73. The average molecular weight is 382 g/mol. The van der Waals surface area contributed by atoms with Gasteiger partial charge in [-0.25, -0.2) is 9.78 Å². The highest BCUT2D eigenvalue weighted by atomic mass is 79.9. The second kappa shape index (κ2) is 6.91. The molecule has 0 aliphatic heterocycles. The Hall–Kier alpha value is -2.22. The summed E-state index contributed by atoms with van der Waals surface area (Å²) in [5, 5.41) is 10.7. The number of ether oxygens (including phenoxy) is 1. The summed E-state index contributed by atoms with van der Waals surface area (Å²) >= 11 is 3.33. The number of rotatable bonds is 5. The van der Waals surface area contributed by atoms with E-state index in [1.165, 1.54) is 12.1 Å². The molecule has 1 aromatic carbocycles. The van der Waals surface area contributed by atoms with Gasteiger partial charge in [-0.2, -0.15) is 0 Å². The summed E-state index contributed by atoms with van der Waals surface area (Å²) in [7, 11) is 0. The van der Waals surface area contributed by atoms with Gasteiger partial charge in [-0.3, -0.25) is 10.1 Å². The third-order valence-corrected chi connectivity index (χ3v) is 3.72. The van der Waals surface area contributed by atoms with Crippen LogP contribution in [0.3, 0.4) is 0 Å². The van der Waals surface area contributed by atoms with Crippen molar-refractivity contribution < 1.29 is 14.5 Å². The number of hydrogen-bond acceptors (Lipinski definition) is 5. The normalized spacial score (nSPS) is 10.8. The summed E-state index contributed by atoms with van der Waals surface area (Å²) in [6.45, 7) is 5.63. The lowest BCUT2D eigenvalue weighted by Gasteiger charge is -2.12. The van der Waals surface area contributed by atoms with Crippen LogP contribution in [0.5, 0.6) is 0 Å². The molecule has 1 aromatic heterocycles. The highest BCUT2D eigenvalue weighted by molar-refractivity contribution is 9.10. The lowest BCUT2D eigenvalue weighted by molar-refractivity contribution is -0.384. The molecule has 2 rings (SSSR count). The Morgan fingerprint density at radius 3 is 2.52 bits per heavy atom. The van der Waals surface area contributed by atoms with Crippen LogP contribution in [0.25, 0.3) is 0 Å². The lowest BCUT2D eigenvalue weighted by Crippen LogP contribution is -2.17. The number of imidazole rings is 1. The maximum atomic E-state index is 12.3. The van der Waals surface area contributed by atoms with Crippen LogP contribution in [0.1, 0.15) is 35.6 Å². The van der Waals surface area contributed by atoms with Gasteiger partial charge in [0.25, 0.3) is 5.69 Å². The molecule has 8 heteroatoms. The van der Waals surface area contributed by atoms with Crippen molar-refractivity contribution in [1.29, 1.82) is 0 Å². The van der Waals surface area contributed by atoms with E-state index in [1.807, 2.05) is 0 Å². The van der Waals surface area contributed by atoms with E-state index in [4.69, 9.17) is 4.74 Å². The van der Waals surface area contributed by atoms with Gasteiger partial charge in [0.15, 0.2) is 10.4 Å². The number of halogens is 1. The number of carbonyl (C=O) groups is 1. The molecule has 2 aromatic rings. The molecule has 0 fully saturated rings. The number of hydrogen-bond donors (Lipinski definition) is 0. The van der Waals surface area contributed by atoms with E-state index in [1.54, 1.807) is 37.5 Å². The minimum Gasteiger partial charge on any atom is -0.458 e. The molecule has 0 bridgehead atoms. The SMILES string of the molecule is Cc1nc(Br)n(Cc2ccc([N+](=O)[O-])cc2)c1C(=O)OC(C)C. The molecule has 0 atom stereocenters. The van der Waals surface area contributed by atoms with E-state index in [-0.39, 0.29) is 11.8 Å². The molecule has 0 radical (unpaired) electrons. The molecule has 0 aliphatic rings. The Kier molecular flexibility index (Phi) is 5.15. The zero-order valence-electron chi connectivity index (χ0n) is 12.9. The molecule has 1 heterocycles. The monoisotopic (exact) mass is 381 g/mol. The Balaban J connectivity index is 2.32. The van der Waals surface area contributed by atoms with Crippen molar-refractivity contribution in [2.24, 2.45) is 0 Å². The number of nitro benzene ring substituents is 1. The molecule has 0 aliphatic carbocycles. The Morgan fingerprint density at radius 2 is 2.00 bits per heavy atom. The van der Waals surface area contributed by atoms with E-state index in [0.29, 0.717) is 22.7 Å². The Morgan fingerprint density at radius 1 is 1.39 bits per heavy atom. The van der Waals surface area contributed by atoms with Crippen molar-refractivity contribution in [3.05, 3.63) is 56.1 Å². The highest BCUT2D eigenvalue weighted by Crippen LogP contribution is 2.21. The van der Waals surface area contributed by atoms with Gasteiger partial charge in [-0.05, 0) is 42.3 Å². The smallest absolute Gasteiger partial charge is 0.357 e. The molecule has 7 nitrogen and oxygen atoms in total. The first-order valence-electron chi connectivity index (χ1n) is 6.96. The van der Waals surface area contributed by atoms with E-state index in [0.717, 1.165) is 5.56 Å². The van der Waals surface area contributed by atoms with Crippen LogP contribution in [-0.4, -0.2) is 26.5 Å². The topological polar surface area (TPSA) is 87.3 Å². The van der Waals surface area contributed by atoms with Gasteiger partial charge in [0.1, 0.15) is 0 Å². The number of carbonyl (C=O) groups excluding carboxylic acids is 1. The fourth-order valence-corrected chi connectivity index (χ4v) is 2.69. The predicted octanol–water partition coefficient (Wildman–Crippen LogP) is 3.48. The predicted molar refractivity (Wildman–Crippen MR) is 87.4 cm³/mol. The van der Waals surface area contributed by atoms with Gasteiger partial charge in [-0.1, -0.05) is 12.1 Å². The van der Waals surface area contributed by atoms with Gasteiger partial charge in [0, 0.05) is 12.1 Å². The maximum Gasteiger partial charge on any atom is 0.357 e. The first-order valence-corrected chi connectivity index (χ1v) is 7.75. The van der Waals surface area contributed by atoms with Crippen LogP contribution in [0, 0.1) is 17.0 Å². The summed E-state index contributed by atoms with van der Waals surface area (Å²) in [5.74, 6) is -0.447. The standard InChI is InChI=1S/C15H16BrN3O4/c1-9(2)23-14(20)13-10(3)17-15(16)18(13)8-11-4-6-12(7-5-11)19(21)22/h4-7,9H,8H2,1-3H3. The first kappa shape index (κ1) is 17.1. The Bertz CT molecular complexity index is 738. The van der Waals surface area contributed by atoms with Crippen LogP contribution < -0.4 is 0 Å². The lowest BCUT2D eigenvalue weighted by atomic mass is 10.2. The zero-order valence-corrected chi connectivity index (χ0v) is 14.5. The third kappa shape index (κ3) is 3.95. The molecule has 0 saturated heterocycles. The molecule has 0 N–H and O–H groups in total. The van der Waals surface area contributed by atoms with Crippen LogP contribution in [0.4, 0.5) is 5.69 Å².